The Hall–Kier alpha value is -7.36. The van der Waals surface area contributed by atoms with Crippen LogP contribution >= 0.6 is 0 Å². The lowest BCUT2D eigenvalue weighted by Crippen LogP contribution is -2.10. The molecule has 0 saturated carbocycles. The van der Waals surface area contributed by atoms with Crippen LogP contribution in [0, 0.1) is 0 Å². The lowest BCUT2D eigenvalue weighted by molar-refractivity contribution is 1.30. The van der Waals surface area contributed by atoms with Gasteiger partial charge >= 0.3 is 0 Å². The van der Waals surface area contributed by atoms with Crippen molar-refractivity contribution in [2.75, 3.05) is 4.90 Å². The van der Waals surface area contributed by atoms with Gasteiger partial charge in [0.05, 0.1) is 28.3 Å². The fourth-order valence-corrected chi connectivity index (χ4v) is 7.83. The van der Waals surface area contributed by atoms with Crippen LogP contribution < -0.4 is 4.90 Å². The van der Waals surface area contributed by atoms with E-state index in [1.165, 1.54) is 16.2 Å². The molecular weight excluding hydrogens is 667 g/mol. The molecule has 10 rings (SSSR count). The van der Waals surface area contributed by atoms with Crippen LogP contribution in [0.15, 0.2) is 212 Å². The van der Waals surface area contributed by atoms with E-state index in [9.17, 15) is 0 Å². The van der Waals surface area contributed by atoms with E-state index in [4.69, 9.17) is 9.97 Å². The van der Waals surface area contributed by atoms with Crippen LogP contribution in [0.4, 0.5) is 17.1 Å². The highest BCUT2D eigenvalue weighted by Gasteiger charge is 2.20. The van der Waals surface area contributed by atoms with Crippen LogP contribution in [-0.4, -0.2) is 9.97 Å². The lowest BCUT2D eigenvalue weighted by Gasteiger charge is -2.27. The van der Waals surface area contributed by atoms with Crippen LogP contribution in [0.2, 0.25) is 0 Å². The number of para-hydroxylation sites is 2. The van der Waals surface area contributed by atoms with Gasteiger partial charge in [0.15, 0.2) is 0 Å². The molecule has 0 radical (unpaired) electrons. The molecule has 3 heteroatoms. The number of rotatable bonds is 7. The first-order valence-electron chi connectivity index (χ1n) is 18.7. The first kappa shape index (κ1) is 32.3. The Morgan fingerprint density at radius 1 is 0.327 bits per heavy atom. The molecule has 0 atom stereocenters. The number of anilines is 3. The minimum absolute atomic E-state index is 0.936. The monoisotopic (exact) mass is 701 g/mol. The average molecular weight is 702 g/mol. The Morgan fingerprint density at radius 2 is 0.855 bits per heavy atom. The highest BCUT2D eigenvalue weighted by molar-refractivity contribution is 6.26. The van der Waals surface area contributed by atoms with E-state index < -0.39 is 0 Å². The fraction of sp³-hybridized carbons (Fsp3) is 0. The maximum atomic E-state index is 5.49. The largest absolute Gasteiger partial charge is 0.310 e. The first-order valence-corrected chi connectivity index (χ1v) is 18.7. The highest BCUT2D eigenvalue weighted by atomic mass is 15.1. The Bertz CT molecular complexity index is 2850. The van der Waals surface area contributed by atoms with Crippen molar-refractivity contribution in [3.05, 3.63) is 212 Å². The van der Waals surface area contributed by atoms with Crippen molar-refractivity contribution >= 4 is 49.5 Å². The molecule has 0 unspecified atom stereocenters. The zero-order valence-corrected chi connectivity index (χ0v) is 30.0. The van der Waals surface area contributed by atoms with Crippen molar-refractivity contribution in [3.8, 4) is 44.9 Å². The Kier molecular flexibility index (Phi) is 8.16. The molecule has 3 nitrogen and oxygen atoms in total. The molecule has 0 N–H and O–H groups in total. The van der Waals surface area contributed by atoms with E-state index in [-0.39, 0.29) is 0 Å². The van der Waals surface area contributed by atoms with Gasteiger partial charge in [-0.1, -0.05) is 164 Å². The molecule has 10 aromatic rings. The van der Waals surface area contributed by atoms with Gasteiger partial charge in [0.2, 0.25) is 0 Å². The summed E-state index contributed by atoms with van der Waals surface area (Å²) in [4.78, 5) is 13.0. The SMILES string of the molecule is c1ccc(-c2cc(-c3ccc4c(c3)nc(-c3ccccc3)c3ccc5cccc(N(c6ccccc6)c6ccccc6)c5c34)cc(-c3ccccc3)n2)cc1. The number of benzene rings is 8. The van der Waals surface area contributed by atoms with Gasteiger partial charge in [-0.2, -0.15) is 0 Å². The number of fused-ring (bicyclic) bond motifs is 5. The Labute approximate surface area is 320 Å². The van der Waals surface area contributed by atoms with E-state index >= 15 is 0 Å². The maximum Gasteiger partial charge on any atom is 0.0788 e. The number of hydrogen-bond acceptors (Lipinski definition) is 3. The normalized spacial score (nSPS) is 11.3. The molecule has 2 heterocycles. The minimum atomic E-state index is 0.936. The third kappa shape index (κ3) is 5.98. The topological polar surface area (TPSA) is 29.0 Å². The standard InChI is InChI=1S/C52H35N3/c1-6-17-36(18-7-1)46-34-41(35-47(53-46)37-19-8-2-9-20-37)40-30-31-44-48(33-40)54-52(39-21-10-3-11-22-39)45-32-29-38-23-16-28-49(50(38)51(44)45)55(42-24-12-4-13-25-42)43-26-14-5-15-27-43/h1-35H. The van der Waals surface area contributed by atoms with E-state index in [1.807, 2.05) is 12.1 Å². The quantitative estimate of drug-likeness (QED) is 0.155. The van der Waals surface area contributed by atoms with Crippen molar-refractivity contribution in [1.29, 1.82) is 0 Å². The second-order valence-corrected chi connectivity index (χ2v) is 13.8. The first-order chi connectivity index (χ1) is 27.3. The van der Waals surface area contributed by atoms with Crippen LogP contribution in [0.3, 0.4) is 0 Å². The van der Waals surface area contributed by atoms with Crippen molar-refractivity contribution in [2.24, 2.45) is 0 Å². The lowest BCUT2D eigenvalue weighted by atomic mass is 9.92. The summed E-state index contributed by atoms with van der Waals surface area (Å²) in [6.45, 7) is 0. The van der Waals surface area contributed by atoms with Crippen molar-refractivity contribution in [3.63, 3.8) is 0 Å². The fourth-order valence-electron chi connectivity index (χ4n) is 7.83. The molecule has 258 valence electrons. The molecule has 0 aliphatic rings. The molecule has 0 amide bonds. The third-order valence-corrected chi connectivity index (χ3v) is 10.4. The average Bonchev–Trinajstić information content (AvgIpc) is 3.27. The minimum Gasteiger partial charge on any atom is -0.310 e. The van der Waals surface area contributed by atoms with Crippen LogP contribution in [-0.2, 0) is 0 Å². The zero-order valence-electron chi connectivity index (χ0n) is 30.0. The zero-order chi connectivity index (χ0) is 36.6. The molecule has 55 heavy (non-hydrogen) atoms. The van der Waals surface area contributed by atoms with Crippen LogP contribution in [0.5, 0.6) is 0 Å². The Balaban J connectivity index is 1.27. The molecule has 2 aromatic heterocycles. The third-order valence-electron chi connectivity index (χ3n) is 10.4. The van der Waals surface area contributed by atoms with Gasteiger partial charge in [-0.15, -0.1) is 0 Å². The number of pyridine rings is 2. The second kappa shape index (κ2) is 13.9. The highest BCUT2D eigenvalue weighted by Crippen LogP contribution is 2.45. The van der Waals surface area contributed by atoms with Crippen LogP contribution in [0.1, 0.15) is 0 Å². The molecular formula is C52H35N3. The summed E-state index contributed by atoms with van der Waals surface area (Å²) in [6.07, 6.45) is 0. The van der Waals surface area contributed by atoms with Gasteiger partial charge in [0, 0.05) is 49.6 Å². The summed E-state index contributed by atoms with van der Waals surface area (Å²) in [7, 11) is 0. The number of aromatic nitrogens is 2. The molecule has 8 aromatic carbocycles. The summed E-state index contributed by atoms with van der Waals surface area (Å²) in [5.74, 6) is 0. The molecule has 0 spiro atoms. The summed E-state index contributed by atoms with van der Waals surface area (Å²) in [5, 5.41) is 5.77. The van der Waals surface area contributed by atoms with E-state index in [0.29, 0.717) is 0 Å². The van der Waals surface area contributed by atoms with Crippen molar-refractivity contribution in [1.82, 2.24) is 9.97 Å². The van der Waals surface area contributed by atoms with Crippen molar-refractivity contribution < 1.29 is 0 Å². The number of nitrogens with zero attached hydrogens (tertiary/aromatic N) is 3. The summed E-state index contributed by atoms with van der Waals surface area (Å²) in [5.41, 5.74) is 12.5. The predicted molar refractivity (Wildman–Crippen MR) is 231 cm³/mol. The summed E-state index contributed by atoms with van der Waals surface area (Å²) >= 11 is 0. The predicted octanol–water partition coefficient (Wildman–Crippen LogP) is 14.1. The summed E-state index contributed by atoms with van der Waals surface area (Å²) < 4.78 is 0. The van der Waals surface area contributed by atoms with Gasteiger partial charge in [-0.3, -0.25) is 0 Å². The molecule has 0 fully saturated rings. The van der Waals surface area contributed by atoms with Crippen molar-refractivity contribution in [2.45, 2.75) is 0 Å². The maximum absolute atomic E-state index is 5.49. The van der Waals surface area contributed by atoms with Gasteiger partial charge in [0.25, 0.3) is 0 Å². The van der Waals surface area contributed by atoms with Crippen LogP contribution in [0.25, 0.3) is 77.3 Å². The second-order valence-electron chi connectivity index (χ2n) is 13.8. The van der Waals surface area contributed by atoms with Gasteiger partial charge in [0.1, 0.15) is 0 Å². The molecule has 0 aliphatic carbocycles. The van der Waals surface area contributed by atoms with Gasteiger partial charge in [-0.05, 0) is 65.0 Å². The van der Waals surface area contributed by atoms with Gasteiger partial charge in [-0.25, -0.2) is 9.97 Å². The smallest absolute Gasteiger partial charge is 0.0788 e. The van der Waals surface area contributed by atoms with E-state index in [1.54, 1.807) is 0 Å². The molecule has 0 saturated heterocycles. The summed E-state index contributed by atoms with van der Waals surface area (Å²) in [6, 6.07) is 75.0. The van der Waals surface area contributed by atoms with E-state index in [2.05, 4.69) is 205 Å². The van der Waals surface area contributed by atoms with E-state index in [0.717, 1.165) is 78.3 Å². The van der Waals surface area contributed by atoms with Gasteiger partial charge < -0.3 is 4.90 Å². The Morgan fingerprint density at radius 3 is 1.44 bits per heavy atom. The number of hydrogen-bond donors (Lipinski definition) is 0. The molecule has 0 bridgehead atoms. The molecule has 0 aliphatic heterocycles.